The predicted octanol–water partition coefficient (Wildman–Crippen LogP) is 4.96. The minimum Gasteiger partial charge on any atom is -0.490 e. The lowest BCUT2D eigenvalue weighted by molar-refractivity contribution is 0.287. The van der Waals surface area contributed by atoms with Crippen molar-refractivity contribution < 1.29 is 9.47 Å². The van der Waals surface area contributed by atoms with Gasteiger partial charge in [-0.2, -0.15) is 0 Å². The molecule has 0 fully saturated rings. The number of benzene rings is 2. The van der Waals surface area contributed by atoms with E-state index in [0.717, 1.165) is 11.3 Å². The summed E-state index contributed by atoms with van der Waals surface area (Å²) >= 11 is 6.22. The molecule has 2 aromatic carbocycles. The van der Waals surface area contributed by atoms with Gasteiger partial charge in [-0.05, 0) is 31.2 Å². The number of allylic oxidation sites excluding steroid dienone is 1. The summed E-state index contributed by atoms with van der Waals surface area (Å²) in [7, 11) is 0. The van der Waals surface area contributed by atoms with Gasteiger partial charge in [0.25, 0.3) is 0 Å². The van der Waals surface area contributed by atoms with Gasteiger partial charge in [0, 0.05) is 5.56 Å². The molecule has 0 heterocycles. The standard InChI is InChI=1S/C17H17ClO2/c1-2-3-13-19-15-9-11-16(12-10-15)20-17(18)14-7-5-4-6-8-14/h2-12,17H,13H2,1H3. The highest BCUT2D eigenvalue weighted by Gasteiger charge is 2.08. The number of hydrogen-bond donors (Lipinski definition) is 0. The van der Waals surface area contributed by atoms with E-state index in [0.29, 0.717) is 12.4 Å². The molecule has 0 radical (unpaired) electrons. The van der Waals surface area contributed by atoms with Crippen molar-refractivity contribution in [2.24, 2.45) is 0 Å². The van der Waals surface area contributed by atoms with Crippen LogP contribution in [0.2, 0.25) is 0 Å². The lowest BCUT2D eigenvalue weighted by Gasteiger charge is -2.13. The lowest BCUT2D eigenvalue weighted by atomic mass is 10.2. The normalized spacial score (nSPS) is 12.3. The summed E-state index contributed by atoms with van der Waals surface area (Å²) in [5, 5.41) is 0. The van der Waals surface area contributed by atoms with Crippen LogP contribution in [0.3, 0.4) is 0 Å². The Morgan fingerprint density at radius 3 is 2.30 bits per heavy atom. The first kappa shape index (κ1) is 14.5. The number of alkyl halides is 1. The Labute approximate surface area is 124 Å². The molecule has 20 heavy (non-hydrogen) atoms. The maximum atomic E-state index is 6.22. The second-order valence-electron chi connectivity index (χ2n) is 4.20. The van der Waals surface area contributed by atoms with Crippen molar-refractivity contribution in [3.05, 3.63) is 72.3 Å². The molecule has 2 nitrogen and oxygen atoms in total. The Morgan fingerprint density at radius 1 is 1.00 bits per heavy atom. The Morgan fingerprint density at radius 2 is 1.65 bits per heavy atom. The van der Waals surface area contributed by atoms with Crippen molar-refractivity contribution in [1.29, 1.82) is 0 Å². The first-order valence-corrected chi connectivity index (χ1v) is 6.93. The molecule has 0 aliphatic heterocycles. The second-order valence-corrected chi connectivity index (χ2v) is 4.59. The molecule has 104 valence electrons. The van der Waals surface area contributed by atoms with Gasteiger partial charge in [-0.25, -0.2) is 0 Å². The van der Waals surface area contributed by atoms with Crippen molar-refractivity contribution >= 4 is 11.6 Å². The van der Waals surface area contributed by atoms with Crippen molar-refractivity contribution in [1.82, 2.24) is 0 Å². The van der Waals surface area contributed by atoms with Gasteiger partial charge in [0.05, 0.1) is 0 Å². The average molecular weight is 289 g/mol. The molecule has 0 aliphatic carbocycles. The molecule has 1 atom stereocenters. The molecule has 2 aromatic rings. The van der Waals surface area contributed by atoms with Gasteiger partial charge in [0.15, 0.2) is 5.56 Å². The summed E-state index contributed by atoms with van der Waals surface area (Å²) in [5.74, 6) is 1.52. The number of hydrogen-bond acceptors (Lipinski definition) is 2. The van der Waals surface area contributed by atoms with Crippen LogP contribution >= 0.6 is 11.6 Å². The van der Waals surface area contributed by atoms with Crippen molar-refractivity contribution in [3.63, 3.8) is 0 Å². The van der Waals surface area contributed by atoms with Crippen LogP contribution in [-0.4, -0.2) is 6.61 Å². The van der Waals surface area contributed by atoms with Gasteiger partial charge in [-0.3, -0.25) is 0 Å². The first-order chi connectivity index (χ1) is 9.79. The molecule has 0 saturated heterocycles. The summed E-state index contributed by atoms with van der Waals surface area (Å²) in [5.41, 5.74) is 0.438. The highest BCUT2D eigenvalue weighted by Crippen LogP contribution is 2.26. The highest BCUT2D eigenvalue weighted by atomic mass is 35.5. The fourth-order valence-electron chi connectivity index (χ4n) is 1.65. The zero-order valence-electron chi connectivity index (χ0n) is 11.3. The van der Waals surface area contributed by atoms with Gasteiger partial charge in [-0.1, -0.05) is 54.1 Å². The topological polar surface area (TPSA) is 18.5 Å². The van der Waals surface area contributed by atoms with Gasteiger partial charge >= 0.3 is 0 Å². The SMILES string of the molecule is CC=CCOc1ccc(OC(Cl)c2ccccc2)cc1. The third-order valence-corrected chi connectivity index (χ3v) is 3.05. The van der Waals surface area contributed by atoms with Crippen LogP contribution in [0.4, 0.5) is 0 Å². The molecular weight excluding hydrogens is 272 g/mol. The summed E-state index contributed by atoms with van der Waals surface area (Å²) in [6, 6.07) is 17.1. The van der Waals surface area contributed by atoms with Crippen molar-refractivity contribution in [3.8, 4) is 11.5 Å². The van der Waals surface area contributed by atoms with E-state index in [2.05, 4.69) is 0 Å². The third kappa shape index (κ3) is 4.32. The molecule has 1 unspecified atom stereocenters. The molecule has 2 rings (SSSR count). The molecule has 0 aliphatic rings. The molecule has 0 N–H and O–H groups in total. The summed E-state index contributed by atoms with van der Waals surface area (Å²) < 4.78 is 11.2. The molecule has 0 spiro atoms. The molecule has 0 saturated carbocycles. The minimum absolute atomic E-state index is 0.494. The summed E-state index contributed by atoms with van der Waals surface area (Å²) in [4.78, 5) is 0. The predicted molar refractivity (Wildman–Crippen MR) is 82.4 cm³/mol. The molecule has 0 amide bonds. The van der Waals surface area contributed by atoms with Crippen LogP contribution in [0, 0.1) is 0 Å². The molecule has 0 aromatic heterocycles. The summed E-state index contributed by atoms with van der Waals surface area (Å²) in [6.45, 7) is 2.53. The van der Waals surface area contributed by atoms with Gasteiger partial charge in [0.1, 0.15) is 18.1 Å². The van der Waals surface area contributed by atoms with Crippen LogP contribution in [0.5, 0.6) is 11.5 Å². The first-order valence-electron chi connectivity index (χ1n) is 6.49. The molecular formula is C17H17ClO2. The Kier molecular flexibility index (Phi) is 5.51. The van der Waals surface area contributed by atoms with Crippen molar-refractivity contribution in [2.45, 2.75) is 12.5 Å². The maximum absolute atomic E-state index is 6.22. The number of ether oxygens (including phenoxy) is 2. The zero-order chi connectivity index (χ0) is 14.2. The van der Waals surface area contributed by atoms with E-state index in [9.17, 15) is 0 Å². The van der Waals surface area contributed by atoms with Gasteiger partial charge in [-0.15, -0.1) is 0 Å². The molecule has 0 bridgehead atoms. The van der Waals surface area contributed by atoms with E-state index in [4.69, 9.17) is 21.1 Å². The minimum atomic E-state index is -0.494. The Bertz CT molecular complexity index is 535. The van der Waals surface area contributed by atoms with Gasteiger partial charge in [0.2, 0.25) is 0 Å². The molecule has 3 heteroatoms. The third-order valence-electron chi connectivity index (χ3n) is 2.71. The van der Waals surface area contributed by atoms with E-state index in [1.165, 1.54) is 0 Å². The van der Waals surface area contributed by atoms with E-state index in [-0.39, 0.29) is 0 Å². The second kappa shape index (κ2) is 7.61. The summed E-state index contributed by atoms with van der Waals surface area (Å²) in [6.07, 6.45) is 3.91. The maximum Gasteiger partial charge on any atom is 0.197 e. The fourth-order valence-corrected chi connectivity index (χ4v) is 1.90. The largest absolute Gasteiger partial charge is 0.490 e. The lowest BCUT2D eigenvalue weighted by Crippen LogP contribution is -2.00. The van der Waals surface area contributed by atoms with Crippen LogP contribution in [0.1, 0.15) is 18.1 Å². The number of rotatable bonds is 6. The van der Waals surface area contributed by atoms with E-state index < -0.39 is 5.56 Å². The van der Waals surface area contributed by atoms with E-state index >= 15 is 0 Å². The smallest absolute Gasteiger partial charge is 0.197 e. The average Bonchev–Trinajstić information content (AvgIpc) is 2.50. The Balaban J connectivity index is 1.93. The zero-order valence-corrected chi connectivity index (χ0v) is 12.1. The fraction of sp³-hybridized carbons (Fsp3) is 0.176. The van der Waals surface area contributed by atoms with E-state index in [1.807, 2.05) is 73.7 Å². The van der Waals surface area contributed by atoms with Crippen LogP contribution in [0.15, 0.2) is 66.7 Å². The van der Waals surface area contributed by atoms with Crippen molar-refractivity contribution in [2.75, 3.05) is 6.61 Å². The van der Waals surface area contributed by atoms with Gasteiger partial charge < -0.3 is 9.47 Å². The quantitative estimate of drug-likeness (QED) is 0.552. The van der Waals surface area contributed by atoms with Crippen LogP contribution < -0.4 is 9.47 Å². The highest BCUT2D eigenvalue weighted by molar-refractivity contribution is 6.20. The van der Waals surface area contributed by atoms with Crippen LogP contribution in [-0.2, 0) is 0 Å². The monoisotopic (exact) mass is 288 g/mol. The Hall–Kier alpha value is -1.93. The number of halogens is 1. The van der Waals surface area contributed by atoms with Crippen LogP contribution in [0.25, 0.3) is 0 Å². The van der Waals surface area contributed by atoms with E-state index in [1.54, 1.807) is 0 Å².